The van der Waals surface area contributed by atoms with Crippen LogP contribution in [-0.2, 0) is 4.74 Å². The number of hydrogen-bond acceptors (Lipinski definition) is 6. The molecule has 0 spiro atoms. The van der Waals surface area contributed by atoms with E-state index in [-0.39, 0.29) is 41.8 Å². The van der Waals surface area contributed by atoms with Gasteiger partial charge in [0.2, 0.25) is 5.71 Å². The smallest absolute Gasteiger partial charge is 0.416 e. The van der Waals surface area contributed by atoms with Crippen LogP contribution in [-0.4, -0.2) is 53.3 Å². The number of alkyl halides is 3. The van der Waals surface area contributed by atoms with Gasteiger partial charge >= 0.3 is 6.18 Å². The maximum atomic E-state index is 14.3. The number of nitrogens with zero attached hydrogens (tertiary/aromatic N) is 3. The average molecular weight is 440 g/mol. The van der Waals surface area contributed by atoms with E-state index < -0.39 is 30.2 Å². The zero-order chi connectivity index (χ0) is 22.4. The van der Waals surface area contributed by atoms with Crippen LogP contribution in [0.15, 0.2) is 24.5 Å². The van der Waals surface area contributed by atoms with Gasteiger partial charge < -0.3 is 20.1 Å². The lowest BCUT2D eigenvalue weighted by Crippen LogP contribution is -2.49. The van der Waals surface area contributed by atoms with Crippen LogP contribution in [0.3, 0.4) is 0 Å². The molecule has 1 unspecified atom stereocenters. The molecule has 0 bridgehead atoms. The summed E-state index contributed by atoms with van der Waals surface area (Å²) in [5.41, 5.74) is 6.35. The van der Waals surface area contributed by atoms with Crippen LogP contribution < -0.4 is 20.8 Å². The lowest BCUT2D eigenvalue weighted by atomic mass is 10.0. The van der Waals surface area contributed by atoms with Gasteiger partial charge in [0.05, 0.1) is 18.7 Å². The minimum Gasteiger partial charge on any atom is -0.484 e. The van der Waals surface area contributed by atoms with Crippen molar-refractivity contribution in [1.82, 2.24) is 9.97 Å². The first-order chi connectivity index (χ1) is 14.6. The molecule has 1 atom stereocenters. The van der Waals surface area contributed by atoms with Gasteiger partial charge in [0.25, 0.3) is 0 Å². The molecule has 0 radical (unpaired) electrons. The van der Waals surface area contributed by atoms with Crippen LogP contribution in [0.1, 0.15) is 31.0 Å². The Morgan fingerprint density at radius 2 is 2.03 bits per heavy atom. The summed E-state index contributed by atoms with van der Waals surface area (Å²) < 4.78 is 63.9. The first-order valence-electron chi connectivity index (χ1n) is 9.72. The molecule has 1 aliphatic heterocycles. The summed E-state index contributed by atoms with van der Waals surface area (Å²) in [6, 6.07) is 4.01. The number of morpholine rings is 1. The maximum Gasteiger partial charge on any atom is 0.416 e. The molecule has 2 heterocycles. The highest BCUT2D eigenvalue weighted by molar-refractivity contribution is 6.11. The highest BCUT2D eigenvalue weighted by Gasteiger charge is 2.44. The number of hydrogen-bond donors (Lipinski definition) is 2. The minimum atomic E-state index is -4.48. The predicted molar refractivity (Wildman–Crippen MR) is 104 cm³/mol. The van der Waals surface area contributed by atoms with Crippen molar-refractivity contribution in [3.8, 4) is 5.75 Å². The largest absolute Gasteiger partial charge is 0.484 e. The van der Waals surface area contributed by atoms with Crippen LogP contribution in [0, 0.1) is 5.82 Å². The second-order valence-electron chi connectivity index (χ2n) is 7.94. The third-order valence-corrected chi connectivity index (χ3v) is 5.39. The van der Waals surface area contributed by atoms with Crippen molar-refractivity contribution >= 4 is 17.2 Å². The van der Waals surface area contributed by atoms with Crippen molar-refractivity contribution in [3.63, 3.8) is 0 Å². The topological polar surface area (TPSA) is 99.1 Å². The fourth-order valence-electron chi connectivity index (χ4n) is 3.28. The van der Waals surface area contributed by atoms with E-state index in [1.165, 1.54) is 23.4 Å². The molecule has 1 aromatic carbocycles. The van der Waals surface area contributed by atoms with Gasteiger partial charge in [0.1, 0.15) is 23.4 Å². The fourth-order valence-corrected chi connectivity index (χ4v) is 3.28. The molecule has 7 nitrogen and oxygen atoms in total. The van der Waals surface area contributed by atoms with Crippen LogP contribution in [0.25, 0.3) is 0 Å². The Kier molecular flexibility index (Phi) is 5.24. The van der Waals surface area contributed by atoms with Crippen molar-refractivity contribution in [2.75, 3.05) is 30.3 Å². The minimum absolute atomic E-state index is 0.0302. The molecule has 31 heavy (non-hydrogen) atoms. The molecule has 1 saturated carbocycles. The summed E-state index contributed by atoms with van der Waals surface area (Å²) in [5.74, 6) is -0.298. The number of aromatic nitrogens is 2. The Morgan fingerprint density at radius 3 is 2.71 bits per heavy atom. The number of nitrogen functional groups attached to an aromatic ring is 1. The van der Waals surface area contributed by atoms with E-state index in [0.29, 0.717) is 5.56 Å². The Labute approximate surface area is 175 Å². The first-order valence-corrected chi connectivity index (χ1v) is 9.72. The van der Waals surface area contributed by atoms with E-state index >= 15 is 0 Å². The van der Waals surface area contributed by atoms with Gasteiger partial charge in [-0.15, -0.1) is 0 Å². The van der Waals surface area contributed by atoms with Crippen molar-refractivity contribution in [1.29, 1.82) is 0 Å². The molecule has 0 amide bonds. The molecule has 1 aromatic heterocycles. The normalized spacial score (nSPS) is 20.4. The van der Waals surface area contributed by atoms with Crippen molar-refractivity contribution in [3.05, 3.63) is 41.6 Å². The summed E-state index contributed by atoms with van der Waals surface area (Å²) in [7, 11) is 0. The molecule has 2 fully saturated rings. The summed E-state index contributed by atoms with van der Waals surface area (Å²) in [5, 5.41) is 6.26. The van der Waals surface area contributed by atoms with E-state index in [1.54, 1.807) is 0 Å². The monoisotopic (exact) mass is 440 g/mol. The quantitative estimate of drug-likeness (QED) is 0.415. The van der Waals surface area contributed by atoms with E-state index in [1.807, 2.05) is 6.92 Å². The molecule has 4 rings (SSSR count). The third kappa shape index (κ3) is 4.55. The van der Waals surface area contributed by atoms with Gasteiger partial charge in [-0.1, -0.05) is 0 Å². The maximum absolute atomic E-state index is 14.3. The summed E-state index contributed by atoms with van der Waals surface area (Å²) in [6.07, 6.45) is -3.54. The zero-order valence-electron chi connectivity index (χ0n) is 16.7. The summed E-state index contributed by atoms with van der Waals surface area (Å²) >= 11 is 0. The number of ether oxygens (including phenoxy) is 2. The van der Waals surface area contributed by atoms with Crippen molar-refractivity contribution in [2.45, 2.75) is 37.6 Å². The van der Waals surface area contributed by atoms with Gasteiger partial charge in [-0.25, -0.2) is 14.4 Å². The Hall–Kier alpha value is -2.95. The van der Waals surface area contributed by atoms with Crippen LogP contribution in [0.2, 0.25) is 0 Å². The number of anilines is 2. The van der Waals surface area contributed by atoms with E-state index in [2.05, 4.69) is 9.97 Å². The van der Waals surface area contributed by atoms with Crippen LogP contribution >= 0.6 is 0 Å². The summed E-state index contributed by atoms with van der Waals surface area (Å²) in [4.78, 5) is 9.64. The number of benzene rings is 1. The first kappa shape index (κ1) is 21.3. The molecule has 166 valence electrons. The third-order valence-electron chi connectivity index (χ3n) is 5.39. The number of rotatable bonds is 5. The number of nitrogens with two attached hydrogens (primary N) is 2. The van der Waals surface area contributed by atoms with Gasteiger partial charge in [-0.2, -0.15) is 13.2 Å². The van der Waals surface area contributed by atoms with Crippen molar-refractivity contribution in [2.24, 2.45) is 0 Å². The molecule has 4 N–H and O–H groups in total. The highest BCUT2D eigenvalue weighted by Crippen LogP contribution is 2.41. The lowest BCUT2D eigenvalue weighted by molar-refractivity contribution is -0.221. The molecule has 2 aliphatic rings. The molecule has 1 aliphatic carbocycles. The van der Waals surface area contributed by atoms with Gasteiger partial charge in [0.15, 0.2) is 17.7 Å². The van der Waals surface area contributed by atoms with Crippen LogP contribution in [0.4, 0.5) is 29.1 Å². The zero-order valence-corrected chi connectivity index (χ0v) is 16.7. The van der Waals surface area contributed by atoms with Gasteiger partial charge in [0, 0.05) is 24.4 Å². The summed E-state index contributed by atoms with van der Waals surface area (Å²) in [6.45, 7) is 1.63. The van der Waals surface area contributed by atoms with Gasteiger partial charge in [-0.3, -0.25) is 5.41 Å². The Balaban J connectivity index is 1.59. The highest BCUT2D eigenvalue weighted by atomic mass is 19.4. The molecule has 1 saturated heterocycles. The predicted octanol–water partition coefficient (Wildman–Crippen LogP) is 1.49. The fraction of sp³-hybridized carbons (Fsp3) is 0.450. The second-order valence-corrected chi connectivity index (χ2v) is 7.94. The van der Waals surface area contributed by atoms with Crippen molar-refractivity contribution < 1.29 is 32.4 Å². The van der Waals surface area contributed by atoms with E-state index in [9.17, 15) is 17.6 Å². The lowest BCUT2D eigenvalue weighted by Gasteiger charge is -2.34. The van der Waals surface area contributed by atoms with Gasteiger partial charge in [-0.05, 0) is 25.8 Å². The molecule has 2 aromatic rings. The SMILES string of the molecule is CC1(Oc2cc(C(=[NH2+])c3cc(N4CCOC(C(F)(F)F)C4)ncn3)c(N)cc2F)CC1. The number of halogens is 4. The second kappa shape index (κ2) is 7.63. The van der Waals surface area contributed by atoms with Crippen LogP contribution in [0.5, 0.6) is 5.75 Å². The standard InChI is InChI=1S/C20H21F4N5O2/c1-19(2-3-19)31-15-6-11(13(25)7-12(15)21)18(26)14-8-17(28-10-27-14)29-4-5-30-16(9-29)20(22,23)24/h6-8,10,16,26H,2-5,9,25H2,1H3/p+1. The van der Waals surface area contributed by atoms with E-state index in [4.69, 9.17) is 20.6 Å². The molecular formula is C20H22F4N5O2+. The Bertz CT molecular complexity index is 1010. The van der Waals surface area contributed by atoms with E-state index in [0.717, 1.165) is 18.9 Å². The molecular weight excluding hydrogens is 418 g/mol. The Morgan fingerprint density at radius 1 is 1.29 bits per heavy atom. The average Bonchev–Trinajstić information content (AvgIpc) is 3.46. The molecule has 11 heteroatoms.